The van der Waals surface area contributed by atoms with Gasteiger partial charge >= 0.3 is 0 Å². The van der Waals surface area contributed by atoms with E-state index < -0.39 is 24.1 Å². The number of amides is 1. The fourth-order valence-corrected chi connectivity index (χ4v) is 1.62. The third-order valence-corrected chi connectivity index (χ3v) is 2.54. The first kappa shape index (κ1) is 14.5. The molecule has 0 fully saturated rings. The van der Waals surface area contributed by atoms with Crippen LogP contribution in [0.5, 0.6) is 11.5 Å². The van der Waals surface area contributed by atoms with E-state index in [-0.39, 0.29) is 11.3 Å². The Morgan fingerprint density at radius 2 is 2.29 bits per heavy atom. The number of ether oxygens (including phenoxy) is 1. The van der Waals surface area contributed by atoms with Gasteiger partial charge in [-0.3, -0.25) is 14.7 Å². The van der Waals surface area contributed by atoms with Crippen LogP contribution in [0.3, 0.4) is 0 Å². The highest BCUT2D eigenvalue weighted by Gasteiger charge is 2.13. The van der Waals surface area contributed by atoms with E-state index in [1.807, 2.05) is 0 Å². The number of aryl methyl sites for hydroxylation is 1. The van der Waals surface area contributed by atoms with Gasteiger partial charge in [-0.2, -0.15) is 5.10 Å². The molecule has 3 N–H and O–H groups in total. The van der Waals surface area contributed by atoms with Gasteiger partial charge in [0, 0.05) is 23.9 Å². The van der Waals surface area contributed by atoms with Crippen molar-refractivity contribution in [1.29, 1.82) is 0 Å². The highest BCUT2D eigenvalue weighted by atomic mass is 19.1. The fourth-order valence-electron chi connectivity index (χ4n) is 1.62. The molecule has 7 nitrogen and oxygen atoms in total. The molecule has 0 unspecified atom stereocenters. The van der Waals surface area contributed by atoms with Crippen molar-refractivity contribution >= 4 is 18.0 Å². The number of phenolic OH excluding ortho intramolecular Hbond substituents is 1. The zero-order valence-electron chi connectivity index (χ0n) is 11.0. The lowest BCUT2D eigenvalue weighted by Gasteiger charge is -2.09. The monoisotopic (exact) mass is 293 g/mol. The third-order valence-electron chi connectivity index (χ3n) is 2.54. The first-order valence-electron chi connectivity index (χ1n) is 5.92. The number of carbonyl (C=O) groups excluding carboxylic acids is 2. The van der Waals surface area contributed by atoms with Gasteiger partial charge in [-0.05, 0) is 6.92 Å². The zero-order valence-corrected chi connectivity index (χ0v) is 11.0. The van der Waals surface area contributed by atoms with E-state index in [1.54, 1.807) is 13.0 Å². The second-order valence-corrected chi connectivity index (χ2v) is 4.23. The Balaban J connectivity index is 2.02. The normalized spacial score (nSPS) is 10.2. The van der Waals surface area contributed by atoms with Crippen molar-refractivity contribution in [1.82, 2.24) is 10.2 Å². The summed E-state index contributed by atoms with van der Waals surface area (Å²) in [7, 11) is 0. The van der Waals surface area contributed by atoms with Gasteiger partial charge in [0.25, 0.3) is 5.91 Å². The zero-order chi connectivity index (χ0) is 15.4. The van der Waals surface area contributed by atoms with E-state index in [2.05, 4.69) is 15.5 Å². The molecule has 21 heavy (non-hydrogen) atoms. The first-order valence-corrected chi connectivity index (χ1v) is 5.92. The summed E-state index contributed by atoms with van der Waals surface area (Å²) in [4.78, 5) is 22.5. The number of H-pyrrole nitrogens is 1. The smallest absolute Gasteiger partial charge is 0.263 e. The van der Waals surface area contributed by atoms with Crippen molar-refractivity contribution in [3.8, 4) is 11.5 Å². The third kappa shape index (κ3) is 3.56. The summed E-state index contributed by atoms with van der Waals surface area (Å²) in [5.74, 6) is -1.77. The highest BCUT2D eigenvalue weighted by Crippen LogP contribution is 2.27. The fraction of sp³-hybridized carbons (Fsp3) is 0.154. The number of nitrogens with zero attached hydrogens (tertiary/aromatic N) is 1. The number of hydrogen-bond donors (Lipinski definition) is 3. The van der Waals surface area contributed by atoms with Crippen LogP contribution in [0.4, 0.5) is 10.2 Å². The van der Waals surface area contributed by atoms with Crippen molar-refractivity contribution in [2.24, 2.45) is 0 Å². The maximum atomic E-state index is 13.1. The molecule has 0 bridgehead atoms. The topological polar surface area (TPSA) is 104 Å². The number of aldehydes is 1. The largest absolute Gasteiger partial charge is 0.507 e. The molecule has 8 heteroatoms. The Morgan fingerprint density at radius 3 is 2.90 bits per heavy atom. The minimum absolute atomic E-state index is 0.212. The lowest BCUT2D eigenvalue weighted by Crippen LogP contribution is -2.20. The summed E-state index contributed by atoms with van der Waals surface area (Å²) < 4.78 is 18.2. The number of nitrogens with one attached hydrogen (secondary N) is 2. The van der Waals surface area contributed by atoms with Gasteiger partial charge < -0.3 is 15.2 Å². The van der Waals surface area contributed by atoms with Crippen LogP contribution in [-0.2, 0) is 4.79 Å². The maximum absolute atomic E-state index is 13.1. The second-order valence-electron chi connectivity index (χ2n) is 4.23. The molecule has 0 radical (unpaired) electrons. The maximum Gasteiger partial charge on any atom is 0.263 e. The van der Waals surface area contributed by atoms with E-state index in [0.717, 1.165) is 17.8 Å². The number of benzene rings is 1. The Hall–Kier alpha value is -2.90. The molecule has 1 amide bonds. The molecule has 2 aromatic rings. The average Bonchev–Trinajstić information content (AvgIpc) is 2.81. The summed E-state index contributed by atoms with van der Waals surface area (Å²) >= 11 is 0. The molecular formula is C13H12FN3O4. The van der Waals surface area contributed by atoms with Crippen molar-refractivity contribution in [3.63, 3.8) is 0 Å². The highest BCUT2D eigenvalue weighted by molar-refractivity contribution is 5.91. The number of carbonyl (C=O) groups is 2. The standard InChI is InChI=1S/C13H12FN3O4/c1-7-2-12(17-16-7)15-13(20)6-21-11-4-8(14)3-10(19)9(11)5-18/h2-5,19H,6H2,1H3,(H2,15,16,17,20). The van der Waals surface area contributed by atoms with Gasteiger partial charge in [0.05, 0.1) is 5.56 Å². The summed E-state index contributed by atoms with van der Waals surface area (Å²) in [6.45, 7) is 1.31. The lowest BCUT2D eigenvalue weighted by atomic mass is 10.2. The van der Waals surface area contributed by atoms with E-state index in [4.69, 9.17) is 4.74 Å². The molecule has 2 rings (SSSR count). The van der Waals surface area contributed by atoms with Crippen LogP contribution in [0, 0.1) is 12.7 Å². The van der Waals surface area contributed by atoms with Gasteiger partial charge in [0.2, 0.25) is 0 Å². The SMILES string of the molecule is Cc1cc(NC(=O)COc2cc(F)cc(O)c2C=O)n[nH]1. The van der Waals surface area contributed by atoms with Crippen molar-refractivity contribution in [2.45, 2.75) is 6.92 Å². The number of rotatable bonds is 5. The number of aromatic amines is 1. The van der Waals surface area contributed by atoms with Gasteiger partial charge in [-0.25, -0.2) is 4.39 Å². The number of halogens is 1. The predicted molar refractivity (Wildman–Crippen MR) is 70.9 cm³/mol. The van der Waals surface area contributed by atoms with Crippen LogP contribution in [0.25, 0.3) is 0 Å². The van der Waals surface area contributed by atoms with Crippen molar-refractivity contribution < 1.29 is 23.8 Å². The summed E-state index contributed by atoms with van der Waals surface area (Å²) in [6.07, 6.45) is 0.319. The van der Waals surface area contributed by atoms with E-state index >= 15 is 0 Å². The lowest BCUT2D eigenvalue weighted by molar-refractivity contribution is -0.118. The van der Waals surface area contributed by atoms with Crippen LogP contribution >= 0.6 is 0 Å². The molecule has 1 aromatic heterocycles. The molecule has 0 saturated heterocycles. The van der Waals surface area contributed by atoms with Crippen LogP contribution in [-0.4, -0.2) is 34.1 Å². The van der Waals surface area contributed by atoms with Crippen LogP contribution in [0.2, 0.25) is 0 Å². The van der Waals surface area contributed by atoms with Gasteiger partial charge in [-0.1, -0.05) is 0 Å². The van der Waals surface area contributed by atoms with Gasteiger partial charge in [0.15, 0.2) is 18.7 Å². The van der Waals surface area contributed by atoms with E-state index in [0.29, 0.717) is 12.1 Å². The van der Waals surface area contributed by atoms with Crippen LogP contribution in [0.1, 0.15) is 16.1 Å². The molecule has 1 aromatic carbocycles. The number of aromatic hydroxyl groups is 1. The van der Waals surface area contributed by atoms with Crippen molar-refractivity contribution in [2.75, 3.05) is 11.9 Å². The average molecular weight is 293 g/mol. The Morgan fingerprint density at radius 1 is 1.52 bits per heavy atom. The molecule has 0 atom stereocenters. The van der Waals surface area contributed by atoms with E-state index in [9.17, 15) is 19.1 Å². The molecule has 0 spiro atoms. The predicted octanol–water partition coefficient (Wildman–Crippen LogP) is 1.39. The number of hydrogen-bond acceptors (Lipinski definition) is 5. The number of anilines is 1. The first-order chi connectivity index (χ1) is 9.99. The summed E-state index contributed by atoms with van der Waals surface area (Å²) in [5.41, 5.74) is 0.546. The molecule has 110 valence electrons. The Bertz CT molecular complexity index is 684. The Labute approximate surface area is 118 Å². The van der Waals surface area contributed by atoms with Crippen LogP contribution in [0.15, 0.2) is 18.2 Å². The molecule has 0 aliphatic heterocycles. The number of aromatic nitrogens is 2. The molecular weight excluding hydrogens is 281 g/mol. The summed E-state index contributed by atoms with van der Waals surface area (Å²) in [6, 6.07) is 3.31. The van der Waals surface area contributed by atoms with Crippen LogP contribution < -0.4 is 10.1 Å². The molecule has 0 aliphatic rings. The number of phenols is 1. The minimum Gasteiger partial charge on any atom is -0.507 e. The second kappa shape index (κ2) is 6.04. The van der Waals surface area contributed by atoms with E-state index in [1.165, 1.54) is 0 Å². The quantitative estimate of drug-likeness (QED) is 0.723. The molecule has 0 saturated carbocycles. The molecule has 0 aliphatic carbocycles. The van der Waals surface area contributed by atoms with Gasteiger partial charge in [0.1, 0.15) is 17.3 Å². The summed E-state index contributed by atoms with van der Waals surface area (Å²) in [5, 5.41) is 18.3. The van der Waals surface area contributed by atoms with Gasteiger partial charge in [-0.15, -0.1) is 0 Å². The Kier molecular flexibility index (Phi) is 4.17. The van der Waals surface area contributed by atoms with Crippen molar-refractivity contribution in [3.05, 3.63) is 35.3 Å². The minimum atomic E-state index is -0.781. The molecule has 1 heterocycles.